The number of halogens is 3. The van der Waals surface area contributed by atoms with Crippen molar-refractivity contribution in [2.24, 2.45) is 0 Å². The lowest BCUT2D eigenvalue weighted by Gasteiger charge is -2.21. The van der Waals surface area contributed by atoms with Gasteiger partial charge < -0.3 is 18.9 Å². The second kappa shape index (κ2) is 12.7. The molecule has 0 heterocycles. The molecule has 0 spiro atoms. The Balaban J connectivity index is 0.000000611. The number of nitrogens with zero attached hydrogens (tertiary/aromatic N) is 1. The van der Waals surface area contributed by atoms with E-state index in [4.69, 9.17) is 22.4 Å². The summed E-state index contributed by atoms with van der Waals surface area (Å²) in [6.45, 7) is 12.4. The average Bonchev–Trinajstić information content (AvgIpc) is 2.79. The van der Waals surface area contributed by atoms with Crippen molar-refractivity contribution in [2.75, 3.05) is 19.0 Å². The van der Waals surface area contributed by atoms with Crippen molar-refractivity contribution in [3.63, 3.8) is 0 Å². The summed E-state index contributed by atoms with van der Waals surface area (Å²) >= 11 is 0. The van der Waals surface area contributed by atoms with Gasteiger partial charge in [-0.25, -0.2) is 8.42 Å². The van der Waals surface area contributed by atoms with Gasteiger partial charge in [-0.3, -0.25) is 0 Å². The molecule has 0 fully saturated rings. The van der Waals surface area contributed by atoms with Gasteiger partial charge in [-0.1, -0.05) is 0 Å². The lowest BCUT2D eigenvalue weighted by Crippen LogP contribution is -2.23. The van der Waals surface area contributed by atoms with Crippen LogP contribution in [0.4, 0.5) is 18.9 Å². The van der Waals surface area contributed by atoms with Crippen molar-refractivity contribution in [3.05, 3.63) is 72.8 Å². The van der Waals surface area contributed by atoms with Gasteiger partial charge in [0.1, 0.15) is 22.7 Å². The molecule has 3 aromatic rings. The minimum Gasteiger partial charge on any atom is -0.741 e. The van der Waals surface area contributed by atoms with Crippen molar-refractivity contribution < 1.29 is 35.6 Å². The molecule has 220 valence electrons. The molecule has 0 radical (unpaired) electrons. The number of hydrogen-bond donors (Lipinski definition) is 0. The Morgan fingerprint density at radius 3 is 1.15 bits per heavy atom. The molecule has 0 saturated carbocycles. The molecule has 0 aliphatic carbocycles. The van der Waals surface area contributed by atoms with E-state index in [-0.39, 0.29) is 22.1 Å². The van der Waals surface area contributed by atoms with E-state index in [1.807, 2.05) is 0 Å². The molecule has 40 heavy (non-hydrogen) atoms. The first-order valence-electron chi connectivity index (χ1n) is 12.3. The monoisotopic (exact) mass is 599 g/mol. The van der Waals surface area contributed by atoms with Crippen LogP contribution in [0, 0.1) is 0 Å². The van der Waals surface area contributed by atoms with Crippen molar-refractivity contribution >= 4 is 26.7 Å². The lowest BCUT2D eigenvalue weighted by atomic mass is 10.2. The van der Waals surface area contributed by atoms with Gasteiger partial charge in [-0.2, -0.15) is 13.2 Å². The van der Waals surface area contributed by atoms with E-state index in [1.54, 1.807) is 0 Å². The highest BCUT2D eigenvalue weighted by atomic mass is 32.2. The number of rotatable bonds is 6. The summed E-state index contributed by atoms with van der Waals surface area (Å²) in [5, 5.41) is 0. The molecule has 0 aromatic heterocycles. The van der Waals surface area contributed by atoms with E-state index in [2.05, 4.69) is 133 Å². The minimum absolute atomic E-state index is 0.214. The zero-order chi connectivity index (χ0) is 30.5. The van der Waals surface area contributed by atoms with Gasteiger partial charge in [0.15, 0.2) is 24.8 Å². The van der Waals surface area contributed by atoms with Crippen LogP contribution < -0.4 is 14.4 Å². The van der Waals surface area contributed by atoms with Crippen LogP contribution >= 0.6 is 0 Å². The Kier molecular flexibility index (Phi) is 10.6. The zero-order valence-corrected chi connectivity index (χ0v) is 25.5. The Labute approximate surface area is 238 Å². The van der Waals surface area contributed by atoms with Crippen LogP contribution in [0.25, 0.3) is 0 Å². The lowest BCUT2D eigenvalue weighted by molar-refractivity contribution is -0.0517. The Morgan fingerprint density at radius 2 is 0.925 bits per heavy atom. The molecule has 3 rings (SSSR count). The summed E-state index contributed by atoms with van der Waals surface area (Å²) in [7, 11) is -2.19. The van der Waals surface area contributed by atoms with Crippen LogP contribution in [0.2, 0.25) is 0 Å². The van der Waals surface area contributed by atoms with E-state index < -0.39 is 15.6 Å². The van der Waals surface area contributed by atoms with E-state index in [0.29, 0.717) is 0 Å². The van der Waals surface area contributed by atoms with Gasteiger partial charge in [-0.15, -0.1) is 0 Å². The number of benzene rings is 3. The zero-order valence-electron chi connectivity index (χ0n) is 23.9. The molecule has 0 saturated heterocycles. The highest BCUT2D eigenvalue weighted by molar-refractivity contribution is 7.97. The van der Waals surface area contributed by atoms with Crippen LogP contribution in [0.1, 0.15) is 41.5 Å². The van der Waals surface area contributed by atoms with Crippen molar-refractivity contribution in [1.82, 2.24) is 0 Å². The van der Waals surface area contributed by atoms with Crippen LogP contribution in [0.15, 0.2) is 87.5 Å². The molecular weight excluding hydrogens is 563 g/mol. The number of alkyl halides is 3. The maximum absolute atomic E-state index is 10.7. The molecule has 6 nitrogen and oxygen atoms in total. The highest BCUT2D eigenvalue weighted by Gasteiger charge is 2.37. The molecule has 0 amide bonds. The topological polar surface area (TPSA) is 78.9 Å². The third-order valence-corrected chi connectivity index (χ3v) is 7.64. The summed E-state index contributed by atoms with van der Waals surface area (Å²) < 4.78 is 71.0. The maximum Gasteiger partial charge on any atom is 0.485 e. The molecule has 0 atom stereocenters. The van der Waals surface area contributed by atoms with Gasteiger partial charge in [0.2, 0.25) is 0 Å². The fourth-order valence-corrected chi connectivity index (χ4v) is 5.32. The SMILES string of the molecule is CN(C)c1ccc([S+](c2ccc(OC(C)(C)C)cc2)c2ccc(OC(C)(C)C)cc2)cc1.O=S(=O)([O-])C(F)(F)F. The normalized spacial score (nSPS) is 12.4. The molecule has 0 unspecified atom stereocenters. The molecule has 0 bridgehead atoms. The molecule has 0 N–H and O–H groups in total. The third kappa shape index (κ3) is 10.6. The Bertz CT molecular complexity index is 1270. The van der Waals surface area contributed by atoms with E-state index in [1.165, 1.54) is 20.4 Å². The van der Waals surface area contributed by atoms with Crippen LogP contribution in [-0.4, -0.2) is 43.8 Å². The predicted molar refractivity (Wildman–Crippen MR) is 152 cm³/mol. The highest BCUT2D eigenvalue weighted by Crippen LogP contribution is 2.34. The molecule has 0 aliphatic heterocycles. The quantitative estimate of drug-likeness (QED) is 0.169. The summed E-state index contributed by atoms with van der Waals surface area (Å²) in [4.78, 5) is 5.92. The maximum atomic E-state index is 10.7. The molecular formula is C29H36F3NO5S2. The van der Waals surface area contributed by atoms with E-state index in [9.17, 15) is 13.2 Å². The number of anilines is 1. The predicted octanol–water partition coefficient (Wildman–Crippen LogP) is 7.25. The number of hydrogen-bond acceptors (Lipinski definition) is 6. The summed E-state index contributed by atoms with van der Waals surface area (Å²) in [6.07, 6.45) is 0. The van der Waals surface area contributed by atoms with E-state index in [0.717, 1.165) is 11.5 Å². The van der Waals surface area contributed by atoms with Crippen LogP contribution in [0.3, 0.4) is 0 Å². The third-order valence-electron chi connectivity index (χ3n) is 4.84. The second-order valence-corrected chi connectivity index (χ2v) is 14.4. The van der Waals surface area contributed by atoms with Gasteiger partial charge >= 0.3 is 5.51 Å². The molecule has 11 heteroatoms. The first-order chi connectivity index (χ1) is 18.2. The molecule has 3 aromatic carbocycles. The van der Waals surface area contributed by atoms with Gasteiger partial charge in [0.25, 0.3) is 0 Å². The standard InChI is InChI=1S/C28H36NO2S.CHF3O3S/c1-27(2,3)30-22-11-17-25(18-12-22)32(24-15-9-21(10-16-24)29(7)8)26-19-13-23(14-20-26)31-28(4,5)6;2-1(3,4)8(5,6)7/h9-20H,1-8H3;(H,5,6,7)/q+1;/p-1. The van der Waals surface area contributed by atoms with Gasteiger partial charge in [0.05, 0.1) is 10.9 Å². The van der Waals surface area contributed by atoms with Crippen molar-refractivity contribution in [1.29, 1.82) is 0 Å². The fourth-order valence-electron chi connectivity index (χ4n) is 3.28. The molecule has 0 aliphatic rings. The van der Waals surface area contributed by atoms with Gasteiger partial charge in [0, 0.05) is 19.8 Å². The first-order valence-corrected chi connectivity index (χ1v) is 14.9. The minimum atomic E-state index is -6.09. The van der Waals surface area contributed by atoms with Crippen molar-refractivity contribution in [2.45, 2.75) is 72.9 Å². The largest absolute Gasteiger partial charge is 0.741 e. The van der Waals surface area contributed by atoms with Crippen LogP contribution in [-0.2, 0) is 21.0 Å². The Morgan fingerprint density at radius 1 is 0.650 bits per heavy atom. The summed E-state index contributed by atoms with van der Waals surface area (Å²) in [5.74, 6) is 1.78. The second-order valence-electron chi connectivity index (χ2n) is 11.0. The smallest absolute Gasteiger partial charge is 0.485 e. The van der Waals surface area contributed by atoms with Crippen molar-refractivity contribution in [3.8, 4) is 11.5 Å². The fraction of sp³-hybridized carbons (Fsp3) is 0.379. The Hall–Kier alpha value is -2.89. The summed E-state index contributed by atoms with van der Waals surface area (Å²) in [6, 6.07) is 25.9. The first kappa shape index (κ1) is 33.3. The van der Waals surface area contributed by atoms with Gasteiger partial charge in [-0.05, 0) is 114 Å². The number of ether oxygens (including phenoxy) is 2. The summed E-state index contributed by atoms with van der Waals surface area (Å²) in [5.41, 5.74) is -4.88. The van der Waals surface area contributed by atoms with E-state index >= 15 is 0 Å². The average molecular weight is 600 g/mol. The van der Waals surface area contributed by atoms with Crippen LogP contribution in [0.5, 0.6) is 11.5 Å².